The van der Waals surface area contributed by atoms with E-state index in [2.05, 4.69) is 4.98 Å². The Hall–Kier alpha value is -2.39. The quantitative estimate of drug-likeness (QED) is 0.754. The van der Waals surface area contributed by atoms with Crippen LogP contribution < -0.4 is 0 Å². The van der Waals surface area contributed by atoms with Crippen LogP contribution in [0.5, 0.6) is 0 Å². The standard InChI is InChI=1S/C17H12ClNO2/c1-10-4-2-3-5-13(10)12-8-11-6-7-14(18)15(17(20)21)16(11)19-9-12/h2-9H,1H3,(H,20,21). The van der Waals surface area contributed by atoms with Gasteiger partial charge in [-0.15, -0.1) is 0 Å². The summed E-state index contributed by atoms with van der Waals surface area (Å²) >= 11 is 5.96. The first-order valence-electron chi connectivity index (χ1n) is 6.45. The number of carbonyl (C=O) groups is 1. The van der Waals surface area contributed by atoms with Crippen molar-refractivity contribution in [1.29, 1.82) is 0 Å². The first kappa shape index (κ1) is 13.6. The number of benzene rings is 2. The van der Waals surface area contributed by atoms with Crippen LogP contribution in [0.25, 0.3) is 22.0 Å². The Bertz CT molecular complexity index is 859. The normalized spacial score (nSPS) is 10.8. The summed E-state index contributed by atoms with van der Waals surface area (Å²) in [7, 11) is 0. The van der Waals surface area contributed by atoms with Gasteiger partial charge in [0.25, 0.3) is 0 Å². The summed E-state index contributed by atoms with van der Waals surface area (Å²) in [5, 5.41) is 10.2. The average molecular weight is 298 g/mol. The Morgan fingerprint density at radius 1 is 1.19 bits per heavy atom. The molecule has 1 heterocycles. The summed E-state index contributed by atoms with van der Waals surface area (Å²) in [4.78, 5) is 15.6. The second-order valence-electron chi connectivity index (χ2n) is 4.84. The zero-order chi connectivity index (χ0) is 15.0. The number of aromatic carboxylic acids is 1. The zero-order valence-corrected chi connectivity index (χ0v) is 12.1. The van der Waals surface area contributed by atoms with Gasteiger partial charge in [0.2, 0.25) is 0 Å². The second-order valence-corrected chi connectivity index (χ2v) is 5.25. The van der Waals surface area contributed by atoms with Gasteiger partial charge in [-0.2, -0.15) is 0 Å². The van der Waals surface area contributed by atoms with Gasteiger partial charge in [0.1, 0.15) is 5.56 Å². The molecule has 0 atom stereocenters. The number of aryl methyl sites for hydroxylation is 1. The summed E-state index contributed by atoms with van der Waals surface area (Å²) in [5.74, 6) is -1.07. The maximum Gasteiger partial charge on any atom is 0.339 e. The van der Waals surface area contributed by atoms with Crippen LogP contribution >= 0.6 is 11.6 Å². The third-order valence-electron chi connectivity index (χ3n) is 3.47. The summed E-state index contributed by atoms with van der Waals surface area (Å²) in [5.41, 5.74) is 3.64. The van der Waals surface area contributed by atoms with E-state index in [0.717, 1.165) is 22.1 Å². The molecule has 104 valence electrons. The van der Waals surface area contributed by atoms with E-state index in [1.54, 1.807) is 18.3 Å². The molecule has 0 aliphatic heterocycles. The summed E-state index contributed by atoms with van der Waals surface area (Å²) < 4.78 is 0. The van der Waals surface area contributed by atoms with E-state index in [-0.39, 0.29) is 10.6 Å². The summed E-state index contributed by atoms with van der Waals surface area (Å²) in [6.07, 6.45) is 1.69. The Morgan fingerprint density at radius 3 is 2.67 bits per heavy atom. The van der Waals surface area contributed by atoms with Crippen LogP contribution in [0, 0.1) is 6.92 Å². The van der Waals surface area contributed by atoms with Gasteiger partial charge in [0.15, 0.2) is 0 Å². The highest BCUT2D eigenvalue weighted by Crippen LogP contribution is 2.29. The molecule has 0 aliphatic rings. The largest absolute Gasteiger partial charge is 0.478 e. The van der Waals surface area contributed by atoms with E-state index in [4.69, 9.17) is 11.6 Å². The number of carboxylic acids is 1. The van der Waals surface area contributed by atoms with Crippen molar-refractivity contribution in [3.63, 3.8) is 0 Å². The molecule has 0 amide bonds. The molecule has 21 heavy (non-hydrogen) atoms. The van der Waals surface area contributed by atoms with Crippen LogP contribution in [0.2, 0.25) is 5.02 Å². The minimum Gasteiger partial charge on any atom is -0.478 e. The van der Waals surface area contributed by atoms with Gasteiger partial charge < -0.3 is 5.11 Å². The van der Waals surface area contributed by atoms with Crippen LogP contribution in [0.4, 0.5) is 0 Å². The predicted octanol–water partition coefficient (Wildman–Crippen LogP) is 4.56. The van der Waals surface area contributed by atoms with Crippen LogP contribution in [0.15, 0.2) is 48.7 Å². The first-order valence-corrected chi connectivity index (χ1v) is 6.83. The molecule has 3 aromatic rings. The van der Waals surface area contributed by atoms with E-state index in [1.165, 1.54) is 0 Å². The van der Waals surface area contributed by atoms with Crippen molar-refractivity contribution in [1.82, 2.24) is 4.98 Å². The van der Waals surface area contributed by atoms with Crippen molar-refractivity contribution in [2.75, 3.05) is 0 Å². The van der Waals surface area contributed by atoms with Gasteiger partial charge in [-0.25, -0.2) is 4.79 Å². The Balaban J connectivity index is 2.25. The molecule has 0 bridgehead atoms. The molecule has 0 radical (unpaired) electrons. The number of hydrogen-bond acceptors (Lipinski definition) is 2. The van der Waals surface area contributed by atoms with Gasteiger partial charge in [0, 0.05) is 17.1 Å². The molecule has 0 saturated carbocycles. The molecular weight excluding hydrogens is 286 g/mol. The molecule has 0 aliphatic carbocycles. The van der Waals surface area contributed by atoms with E-state index in [1.807, 2.05) is 37.3 Å². The maximum atomic E-state index is 11.3. The fourth-order valence-corrected chi connectivity index (χ4v) is 2.66. The van der Waals surface area contributed by atoms with Crippen molar-refractivity contribution >= 4 is 28.5 Å². The highest BCUT2D eigenvalue weighted by atomic mass is 35.5. The summed E-state index contributed by atoms with van der Waals surface area (Å²) in [6.45, 7) is 2.03. The lowest BCUT2D eigenvalue weighted by Gasteiger charge is -2.08. The highest BCUT2D eigenvalue weighted by Gasteiger charge is 2.15. The Kier molecular flexibility index (Phi) is 3.35. The molecule has 0 saturated heterocycles. The third-order valence-corrected chi connectivity index (χ3v) is 3.79. The molecule has 0 spiro atoms. The van der Waals surface area contributed by atoms with Gasteiger partial charge >= 0.3 is 5.97 Å². The van der Waals surface area contributed by atoms with E-state index in [0.29, 0.717) is 5.52 Å². The smallest absolute Gasteiger partial charge is 0.339 e. The topological polar surface area (TPSA) is 50.2 Å². The molecule has 4 heteroatoms. The van der Waals surface area contributed by atoms with Crippen molar-refractivity contribution in [2.24, 2.45) is 0 Å². The Morgan fingerprint density at radius 2 is 1.95 bits per heavy atom. The molecule has 3 rings (SSSR count). The van der Waals surface area contributed by atoms with Crippen LogP contribution in [-0.4, -0.2) is 16.1 Å². The van der Waals surface area contributed by atoms with Crippen molar-refractivity contribution in [3.05, 3.63) is 64.8 Å². The van der Waals surface area contributed by atoms with Gasteiger partial charge in [-0.3, -0.25) is 4.98 Å². The fraction of sp³-hybridized carbons (Fsp3) is 0.0588. The van der Waals surface area contributed by atoms with Gasteiger partial charge in [0.05, 0.1) is 10.5 Å². The number of hydrogen-bond donors (Lipinski definition) is 1. The first-order chi connectivity index (χ1) is 10.1. The average Bonchev–Trinajstić information content (AvgIpc) is 2.47. The van der Waals surface area contributed by atoms with Gasteiger partial charge in [-0.1, -0.05) is 41.9 Å². The minimum absolute atomic E-state index is 0.0468. The second kappa shape index (κ2) is 5.19. The van der Waals surface area contributed by atoms with Gasteiger partial charge in [-0.05, 0) is 30.2 Å². The zero-order valence-electron chi connectivity index (χ0n) is 11.3. The molecule has 2 aromatic carbocycles. The summed E-state index contributed by atoms with van der Waals surface area (Å²) in [6, 6.07) is 13.3. The van der Waals surface area contributed by atoms with E-state index >= 15 is 0 Å². The van der Waals surface area contributed by atoms with Crippen LogP contribution in [0.1, 0.15) is 15.9 Å². The highest BCUT2D eigenvalue weighted by molar-refractivity contribution is 6.35. The lowest BCUT2D eigenvalue weighted by Crippen LogP contribution is -2.00. The number of carboxylic acid groups (broad SMARTS) is 1. The van der Waals surface area contributed by atoms with Crippen LogP contribution in [-0.2, 0) is 0 Å². The van der Waals surface area contributed by atoms with Crippen LogP contribution in [0.3, 0.4) is 0 Å². The molecule has 1 aromatic heterocycles. The SMILES string of the molecule is Cc1ccccc1-c1cnc2c(C(=O)O)c(Cl)ccc2c1. The fourth-order valence-electron chi connectivity index (χ4n) is 2.42. The molecule has 1 N–H and O–H groups in total. The number of pyridine rings is 1. The molecular formula is C17H12ClNO2. The number of halogens is 1. The van der Waals surface area contributed by atoms with E-state index < -0.39 is 5.97 Å². The monoisotopic (exact) mass is 297 g/mol. The molecule has 0 unspecified atom stereocenters. The number of rotatable bonds is 2. The Labute approximate surface area is 126 Å². The third kappa shape index (κ3) is 2.36. The van der Waals surface area contributed by atoms with Crippen molar-refractivity contribution < 1.29 is 9.90 Å². The lowest BCUT2D eigenvalue weighted by molar-refractivity contribution is 0.0699. The van der Waals surface area contributed by atoms with Crippen molar-refractivity contribution in [3.8, 4) is 11.1 Å². The molecule has 0 fully saturated rings. The molecule has 3 nitrogen and oxygen atoms in total. The minimum atomic E-state index is -1.07. The predicted molar refractivity (Wildman–Crippen MR) is 83.9 cm³/mol. The number of nitrogens with zero attached hydrogens (tertiary/aromatic N) is 1. The van der Waals surface area contributed by atoms with E-state index in [9.17, 15) is 9.90 Å². The number of fused-ring (bicyclic) bond motifs is 1. The maximum absolute atomic E-state index is 11.3. The van der Waals surface area contributed by atoms with Crippen molar-refractivity contribution in [2.45, 2.75) is 6.92 Å². The lowest BCUT2D eigenvalue weighted by atomic mass is 10.00. The number of aromatic nitrogens is 1.